The summed E-state index contributed by atoms with van der Waals surface area (Å²) < 4.78 is 10.4. The Morgan fingerprint density at radius 3 is 2.60 bits per heavy atom. The van der Waals surface area contributed by atoms with Crippen molar-refractivity contribution in [2.45, 2.75) is 13.5 Å². The molecule has 0 aromatic heterocycles. The number of benzene rings is 2. The van der Waals surface area contributed by atoms with Crippen LogP contribution in [0.5, 0.6) is 5.75 Å². The van der Waals surface area contributed by atoms with Gasteiger partial charge in [-0.15, -0.1) is 0 Å². The zero-order chi connectivity index (χ0) is 18.2. The van der Waals surface area contributed by atoms with E-state index in [9.17, 15) is 9.59 Å². The van der Waals surface area contributed by atoms with E-state index in [1.165, 1.54) is 0 Å². The van der Waals surface area contributed by atoms with Crippen LogP contribution in [0.3, 0.4) is 0 Å². The third kappa shape index (κ3) is 5.66. The lowest BCUT2D eigenvalue weighted by Crippen LogP contribution is -2.28. The highest BCUT2D eigenvalue weighted by Crippen LogP contribution is 2.21. The molecule has 0 saturated carbocycles. The minimum Gasteiger partial charge on any atom is -0.493 e. The Kier molecular flexibility index (Phi) is 7.10. The van der Waals surface area contributed by atoms with Crippen molar-refractivity contribution in [2.75, 3.05) is 13.2 Å². The molecule has 0 atom stereocenters. The number of rotatable bonds is 7. The van der Waals surface area contributed by atoms with Gasteiger partial charge in [-0.1, -0.05) is 41.4 Å². The van der Waals surface area contributed by atoms with Crippen LogP contribution >= 0.6 is 23.2 Å². The van der Waals surface area contributed by atoms with Crippen molar-refractivity contribution in [1.82, 2.24) is 5.32 Å². The van der Waals surface area contributed by atoms with E-state index < -0.39 is 18.5 Å². The lowest BCUT2D eigenvalue weighted by Gasteiger charge is -2.10. The van der Waals surface area contributed by atoms with Crippen LogP contribution in [-0.4, -0.2) is 25.1 Å². The molecule has 0 unspecified atom stereocenters. The number of hydrogen-bond donors (Lipinski definition) is 1. The molecule has 0 aliphatic carbocycles. The van der Waals surface area contributed by atoms with Gasteiger partial charge in [0.05, 0.1) is 6.61 Å². The van der Waals surface area contributed by atoms with E-state index in [-0.39, 0.29) is 12.1 Å². The number of hydrogen-bond acceptors (Lipinski definition) is 4. The summed E-state index contributed by atoms with van der Waals surface area (Å²) in [5.41, 5.74) is 0.991. The van der Waals surface area contributed by atoms with E-state index in [1.807, 2.05) is 6.92 Å². The molecule has 132 valence electrons. The van der Waals surface area contributed by atoms with E-state index in [1.54, 1.807) is 42.5 Å². The smallest absolute Gasteiger partial charge is 0.342 e. The predicted octanol–water partition coefficient (Wildman–Crippen LogP) is 3.87. The summed E-state index contributed by atoms with van der Waals surface area (Å²) in [5.74, 6) is -0.639. The largest absolute Gasteiger partial charge is 0.493 e. The van der Waals surface area contributed by atoms with Crippen LogP contribution < -0.4 is 10.1 Å². The number of para-hydroxylation sites is 1. The second-order valence-electron chi connectivity index (χ2n) is 5.02. The molecule has 2 aromatic rings. The number of carbonyl (C=O) groups excluding carboxylic acids is 2. The molecule has 2 aromatic carbocycles. The molecule has 0 radical (unpaired) electrons. The van der Waals surface area contributed by atoms with Crippen LogP contribution in [0.15, 0.2) is 42.5 Å². The maximum Gasteiger partial charge on any atom is 0.342 e. The fraction of sp³-hybridized carbons (Fsp3) is 0.222. The highest BCUT2D eigenvalue weighted by Gasteiger charge is 2.15. The average Bonchev–Trinajstić information content (AvgIpc) is 2.59. The molecule has 0 heterocycles. The van der Waals surface area contributed by atoms with Gasteiger partial charge in [0.15, 0.2) is 6.61 Å². The van der Waals surface area contributed by atoms with Gasteiger partial charge >= 0.3 is 5.97 Å². The third-order valence-corrected chi connectivity index (χ3v) is 3.82. The molecule has 7 heteroatoms. The molecule has 2 rings (SSSR count). The van der Waals surface area contributed by atoms with Crippen LogP contribution in [0.4, 0.5) is 0 Å². The number of carbonyl (C=O) groups is 2. The van der Waals surface area contributed by atoms with Gasteiger partial charge in [-0.2, -0.15) is 0 Å². The predicted molar refractivity (Wildman–Crippen MR) is 96.2 cm³/mol. The van der Waals surface area contributed by atoms with Gasteiger partial charge in [0, 0.05) is 16.6 Å². The van der Waals surface area contributed by atoms with Crippen LogP contribution in [-0.2, 0) is 16.1 Å². The SMILES string of the molecule is CCOc1ccccc1C(=O)OCC(=O)NCc1ccc(Cl)cc1Cl. The van der Waals surface area contributed by atoms with Crippen LogP contribution in [0.2, 0.25) is 10.0 Å². The summed E-state index contributed by atoms with van der Waals surface area (Å²) in [6.07, 6.45) is 0. The maximum absolute atomic E-state index is 12.1. The summed E-state index contributed by atoms with van der Waals surface area (Å²) in [6, 6.07) is 11.7. The lowest BCUT2D eigenvalue weighted by molar-refractivity contribution is -0.124. The van der Waals surface area contributed by atoms with Gasteiger partial charge in [0.1, 0.15) is 11.3 Å². The summed E-state index contributed by atoms with van der Waals surface area (Å²) in [6.45, 7) is 2.05. The van der Waals surface area contributed by atoms with Crippen molar-refractivity contribution in [3.05, 3.63) is 63.6 Å². The Labute approximate surface area is 155 Å². The topological polar surface area (TPSA) is 64.6 Å². The maximum atomic E-state index is 12.1. The first-order chi connectivity index (χ1) is 12.0. The third-order valence-electron chi connectivity index (χ3n) is 3.23. The molecule has 0 saturated heterocycles. The molecule has 0 aliphatic rings. The summed E-state index contributed by atoms with van der Waals surface area (Å²) in [5, 5.41) is 3.60. The van der Waals surface area contributed by atoms with Gasteiger partial charge in [0.2, 0.25) is 0 Å². The van der Waals surface area contributed by atoms with Crippen LogP contribution in [0.25, 0.3) is 0 Å². The number of amides is 1. The van der Waals surface area contributed by atoms with Gasteiger partial charge in [-0.3, -0.25) is 4.79 Å². The van der Waals surface area contributed by atoms with Crippen molar-refractivity contribution in [3.8, 4) is 5.75 Å². The number of nitrogens with one attached hydrogen (secondary N) is 1. The van der Waals surface area contributed by atoms with Crippen molar-refractivity contribution in [3.63, 3.8) is 0 Å². The second-order valence-corrected chi connectivity index (χ2v) is 5.86. The van der Waals surface area contributed by atoms with Gasteiger partial charge < -0.3 is 14.8 Å². The van der Waals surface area contributed by atoms with Gasteiger partial charge in [-0.05, 0) is 36.8 Å². The average molecular weight is 382 g/mol. The van der Waals surface area contributed by atoms with E-state index in [2.05, 4.69) is 5.32 Å². The van der Waals surface area contributed by atoms with Gasteiger partial charge in [0.25, 0.3) is 5.91 Å². The summed E-state index contributed by atoms with van der Waals surface area (Å²) >= 11 is 11.9. The standard InChI is InChI=1S/C18H17Cl2NO4/c1-2-24-16-6-4-3-5-14(16)18(23)25-11-17(22)21-10-12-7-8-13(19)9-15(12)20/h3-9H,2,10-11H2,1H3,(H,21,22). The fourth-order valence-corrected chi connectivity index (χ4v) is 2.51. The quantitative estimate of drug-likeness (QED) is 0.739. The van der Waals surface area contributed by atoms with Crippen LogP contribution in [0, 0.1) is 0 Å². The minimum atomic E-state index is -0.622. The molecule has 0 fully saturated rings. The highest BCUT2D eigenvalue weighted by atomic mass is 35.5. The van der Waals surface area contributed by atoms with E-state index in [0.29, 0.717) is 28.0 Å². The molecule has 0 aliphatic heterocycles. The Hall–Kier alpha value is -2.24. The summed E-state index contributed by atoms with van der Waals surface area (Å²) in [7, 11) is 0. The number of halogens is 2. The minimum absolute atomic E-state index is 0.210. The highest BCUT2D eigenvalue weighted by molar-refractivity contribution is 6.35. The Balaban J connectivity index is 1.86. The Bertz CT molecular complexity index is 764. The monoisotopic (exact) mass is 381 g/mol. The first kappa shape index (κ1) is 19.1. The van der Waals surface area contributed by atoms with Crippen molar-refractivity contribution >= 4 is 35.1 Å². The second kappa shape index (κ2) is 9.30. The van der Waals surface area contributed by atoms with Gasteiger partial charge in [-0.25, -0.2) is 4.79 Å². The first-order valence-corrected chi connectivity index (χ1v) is 8.36. The Morgan fingerprint density at radius 2 is 1.88 bits per heavy atom. The van der Waals surface area contributed by atoms with Crippen molar-refractivity contribution < 1.29 is 19.1 Å². The van der Waals surface area contributed by atoms with Crippen molar-refractivity contribution in [1.29, 1.82) is 0 Å². The van der Waals surface area contributed by atoms with Crippen molar-refractivity contribution in [2.24, 2.45) is 0 Å². The molecular weight excluding hydrogens is 365 g/mol. The van der Waals surface area contributed by atoms with Crippen LogP contribution in [0.1, 0.15) is 22.8 Å². The molecule has 1 N–H and O–H groups in total. The fourth-order valence-electron chi connectivity index (χ4n) is 2.04. The normalized spacial score (nSPS) is 10.2. The number of esters is 1. The zero-order valence-corrected chi connectivity index (χ0v) is 15.1. The lowest BCUT2D eigenvalue weighted by atomic mass is 10.2. The summed E-state index contributed by atoms with van der Waals surface area (Å²) in [4.78, 5) is 23.9. The molecule has 5 nitrogen and oxygen atoms in total. The molecule has 0 spiro atoms. The Morgan fingerprint density at radius 1 is 1.12 bits per heavy atom. The van der Waals surface area contributed by atoms with E-state index in [4.69, 9.17) is 32.7 Å². The van der Waals surface area contributed by atoms with E-state index >= 15 is 0 Å². The molecular formula is C18H17Cl2NO4. The number of ether oxygens (including phenoxy) is 2. The zero-order valence-electron chi connectivity index (χ0n) is 13.6. The molecule has 0 bridgehead atoms. The van der Waals surface area contributed by atoms with E-state index in [0.717, 1.165) is 0 Å². The molecule has 25 heavy (non-hydrogen) atoms. The first-order valence-electron chi connectivity index (χ1n) is 7.60. The molecule has 1 amide bonds.